The number of rotatable bonds is 5. The highest BCUT2D eigenvalue weighted by molar-refractivity contribution is 6.74. The molecule has 7 nitrogen and oxygen atoms in total. The standard InChI is InChI=1S/C22H34N4O3Si/c1-16-8-9-20(26-23-10-11-24-26)19(12-16)21(27)25-13-18(28-14-17(25)2)15-29-30(6,7)22(3,4)5/h8-12,17-18H,13-15H2,1-7H3/t17?,18-/m1/s1. The highest BCUT2D eigenvalue weighted by Gasteiger charge is 2.39. The van der Waals surface area contributed by atoms with Gasteiger partial charge in [-0.05, 0) is 44.1 Å². The third kappa shape index (κ3) is 4.82. The maximum absolute atomic E-state index is 13.6. The first-order valence-electron chi connectivity index (χ1n) is 10.5. The first kappa shape index (κ1) is 22.6. The number of aryl methyl sites for hydroxylation is 1. The SMILES string of the molecule is Cc1ccc(-n2nccn2)c(C(=O)N2C[C@H](CO[Si](C)(C)C(C)(C)C)OCC2C)c1. The molecular formula is C22H34N4O3Si. The van der Waals surface area contributed by atoms with Crippen molar-refractivity contribution in [3.05, 3.63) is 41.7 Å². The molecule has 1 aromatic heterocycles. The van der Waals surface area contributed by atoms with Gasteiger partial charge in [-0.1, -0.05) is 32.4 Å². The van der Waals surface area contributed by atoms with Crippen LogP contribution in [0.25, 0.3) is 5.69 Å². The van der Waals surface area contributed by atoms with Crippen molar-refractivity contribution in [1.29, 1.82) is 0 Å². The van der Waals surface area contributed by atoms with Crippen molar-refractivity contribution in [3.8, 4) is 5.69 Å². The molecule has 3 rings (SSSR count). The van der Waals surface area contributed by atoms with Crippen LogP contribution in [0.2, 0.25) is 18.1 Å². The van der Waals surface area contributed by atoms with Crippen LogP contribution < -0.4 is 0 Å². The van der Waals surface area contributed by atoms with Crippen molar-refractivity contribution in [2.24, 2.45) is 0 Å². The minimum absolute atomic E-state index is 0.0134. The quantitative estimate of drug-likeness (QED) is 0.675. The Labute approximate surface area is 180 Å². The maximum Gasteiger partial charge on any atom is 0.256 e. The lowest BCUT2D eigenvalue weighted by atomic mass is 10.1. The molecule has 1 aromatic carbocycles. The molecule has 30 heavy (non-hydrogen) atoms. The van der Waals surface area contributed by atoms with Crippen LogP contribution in [0.15, 0.2) is 30.6 Å². The monoisotopic (exact) mass is 430 g/mol. The van der Waals surface area contributed by atoms with Gasteiger partial charge in [-0.3, -0.25) is 4.79 Å². The largest absolute Gasteiger partial charge is 0.414 e. The topological polar surface area (TPSA) is 69.5 Å². The summed E-state index contributed by atoms with van der Waals surface area (Å²) in [7, 11) is -1.88. The number of benzene rings is 1. The van der Waals surface area contributed by atoms with E-state index in [9.17, 15) is 4.79 Å². The molecule has 0 bridgehead atoms. The Morgan fingerprint density at radius 1 is 1.27 bits per heavy atom. The summed E-state index contributed by atoms with van der Waals surface area (Å²) < 4.78 is 12.4. The molecule has 2 atom stereocenters. The van der Waals surface area contributed by atoms with Crippen molar-refractivity contribution in [2.45, 2.75) is 64.9 Å². The second kappa shape index (κ2) is 8.61. The zero-order chi connectivity index (χ0) is 22.1. The molecule has 1 aliphatic rings. The second-order valence-electron chi connectivity index (χ2n) is 9.67. The average molecular weight is 431 g/mol. The van der Waals surface area contributed by atoms with Gasteiger partial charge in [0, 0.05) is 6.54 Å². The van der Waals surface area contributed by atoms with Crippen LogP contribution in [0, 0.1) is 6.92 Å². The third-order valence-corrected chi connectivity index (χ3v) is 10.7. The third-order valence-electron chi connectivity index (χ3n) is 6.22. The molecule has 0 radical (unpaired) electrons. The fraction of sp³-hybridized carbons (Fsp3) is 0.591. The van der Waals surface area contributed by atoms with Gasteiger partial charge in [0.1, 0.15) is 0 Å². The van der Waals surface area contributed by atoms with Crippen LogP contribution in [0.1, 0.15) is 43.6 Å². The van der Waals surface area contributed by atoms with Crippen LogP contribution >= 0.6 is 0 Å². The summed E-state index contributed by atoms with van der Waals surface area (Å²) in [5.41, 5.74) is 2.31. The van der Waals surface area contributed by atoms with Crippen molar-refractivity contribution >= 4 is 14.2 Å². The summed E-state index contributed by atoms with van der Waals surface area (Å²) in [6, 6.07) is 5.75. The Hall–Kier alpha value is -2.03. The number of hydrogen-bond donors (Lipinski definition) is 0. The number of amides is 1. The predicted molar refractivity (Wildman–Crippen MR) is 119 cm³/mol. The van der Waals surface area contributed by atoms with E-state index in [4.69, 9.17) is 9.16 Å². The molecule has 1 unspecified atom stereocenters. The van der Waals surface area contributed by atoms with Crippen molar-refractivity contribution < 1.29 is 14.0 Å². The summed E-state index contributed by atoms with van der Waals surface area (Å²) in [6.07, 6.45) is 3.09. The Bertz CT molecular complexity index is 877. The van der Waals surface area contributed by atoms with Gasteiger partial charge in [-0.15, -0.1) is 0 Å². The number of carbonyl (C=O) groups excluding carboxylic acids is 1. The van der Waals surface area contributed by atoms with Crippen LogP contribution in [0.4, 0.5) is 0 Å². The van der Waals surface area contributed by atoms with E-state index in [1.165, 1.54) is 4.80 Å². The maximum atomic E-state index is 13.6. The van der Waals surface area contributed by atoms with E-state index >= 15 is 0 Å². The van der Waals surface area contributed by atoms with Gasteiger partial charge in [-0.25, -0.2) is 0 Å². The Balaban J connectivity index is 1.78. The van der Waals surface area contributed by atoms with E-state index < -0.39 is 8.32 Å². The van der Waals surface area contributed by atoms with Crippen LogP contribution in [-0.4, -0.2) is 66.0 Å². The first-order valence-corrected chi connectivity index (χ1v) is 13.4. The highest BCUT2D eigenvalue weighted by atomic mass is 28.4. The molecule has 0 saturated carbocycles. The smallest absolute Gasteiger partial charge is 0.256 e. The molecule has 0 N–H and O–H groups in total. The molecule has 164 valence electrons. The minimum atomic E-state index is -1.88. The number of hydrogen-bond acceptors (Lipinski definition) is 5. The van der Waals surface area contributed by atoms with E-state index in [0.717, 1.165) is 5.56 Å². The van der Waals surface area contributed by atoms with Gasteiger partial charge < -0.3 is 14.1 Å². The highest BCUT2D eigenvalue weighted by Crippen LogP contribution is 2.36. The van der Waals surface area contributed by atoms with Crippen LogP contribution in [-0.2, 0) is 9.16 Å². The van der Waals surface area contributed by atoms with E-state index in [1.54, 1.807) is 12.4 Å². The Morgan fingerprint density at radius 3 is 2.57 bits per heavy atom. The lowest BCUT2D eigenvalue weighted by molar-refractivity contribution is -0.0645. The molecule has 0 aliphatic carbocycles. The van der Waals surface area contributed by atoms with Gasteiger partial charge in [0.15, 0.2) is 8.32 Å². The second-order valence-corrected chi connectivity index (χ2v) is 14.5. The van der Waals surface area contributed by atoms with E-state index in [-0.39, 0.29) is 23.1 Å². The van der Waals surface area contributed by atoms with E-state index in [0.29, 0.717) is 31.0 Å². The number of morpholine rings is 1. The van der Waals surface area contributed by atoms with Gasteiger partial charge in [0.25, 0.3) is 5.91 Å². The molecule has 1 amide bonds. The molecule has 2 aromatic rings. The zero-order valence-electron chi connectivity index (χ0n) is 19.2. The molecule has 8 heteroatoms. The average Bonchev–Trinajstić information content (AvgIpc) is 3.20. The predicted octanol–water partition coefficient (Wildman–Crippen LogP) is 3.83. The van der Waals surface area contributed by atoms with Gasteiger partial charge in [0.2, 0.25) is 0 Å². The zero-order valence-corrected chi connectivity index (χ0v) is 20.2. The normalized spacial score (nSPS) is 20.4. The summed E-state index contributed by atoms with van der Waals surface area (Å²) in [4.78, 5) is 16.9. The van der Waals surface area contributed by atoms with Crippen molar-refractivity contribution in [3.63, 3.8) is 0 Å². The number of carbonyl (C=O) groups is 1. The lowest BCUT2D eigenvalue weighted by Crippen LogP contribution is -2.53. The van der Waals surface area contributed by atoms with Gasteiger partial charge in [-0.2, -0.15) is 15.0 Å². The molecule has 1 aliphatic heterocycles. The summed E-state index contributed by atoms with van der Waals surface area (Å²) >= 11 is 0. The Kier molecular flexibility index (Phi) is 6.50. The molecule has 2 heterocycles. The fourth-order valence-electron chi connectivity index (χ4n) is 3.21. The number of ether oxygens (including phenoxy) is 1. The Morgan fingerprint density at radius 2 is 1.93 bits per heavy atom. The number of nitrogens with zero attached hydrogens (tertiary/aromatic N) is 4. The van der Waals surface area contributed by atoms with Gasteiger partial charge >= 0.3 is 0 Å². The summed E-state index contributed by atoms with van der Waals surface area (Å²) in [5.74, 6) is -0.0286. The molecular weight excluding hydrogens is 396 g/mol. The lowest BCUT2D eigenvalue weighted by Gasteiger charge is -2.41. The molecule has 0 spiro atoms. The summed E-state index contributed by atoms with van der Waals surface area (Å²) in [5, 5.41) is 8.56. The first-order chi connectivity index (χ1) is 14.0. The van der Waals surface area contributed by atoms with Crippen LogP contribution in [0.5, 0.6) is 0 Å². The van der Waals surface area contributed by atoms with Crippen molar-refractivity contribution in [2.75, 3.05) is 19.8 Å². The van der Waals surface area contributed by atoms with E-state index in [1.807, 2.05) is 36.9 Å². The van der Waals surface area contributed by atoms with Crippen LogP contribution in [0.3, 0.4) is 0 Å². The van der Waals surface area contributed by atoms with Crippen molar-refractivity contribution in [1.82, 2.24) is 19.9 Å². The molecule has 1 fully saturated rings. The number of aromatic nitrogens is 3. The minimum Gasteiger partial charge on any atom is -0.414 e. The fourth-order valence-corrected chi connectivity index (χ4v) is 4.25. The van der Waals surface area contributed by atoms with E-state index in [2.05, 4.69) is 44.1 Å². The summed E-state index contributed by atoms with van der Waals surface area (Å²) in [6.45, 7) is 16.7. The van der Waals surface area contributed by atoms with Gasteiger partial charge in [0.05, 0.1) is 49.0 Å². The molecule has 1 saturated heterocycles.